The van der Waals surface area contributed by atoms with Gasteiger partial charge in [-0.1, -0.05) is 0 Å². The highest BCUT2D eigenvalue weighted by atomic mass is 16.2. The van der Waals surface area contributed by atoms with Gasteiger partial charge in [-0.15, -0.1) is 0 Å². The topological polar surface area (TPSA) is 120 Å². The van der Waals surface area contributed by atoms with Gasteiger partial charge in [-0.25, -0.2) is 19.9 Å². The first-order valence-corrected chi connectivity index (χ1v) is 9.65. The largest absolute Gasteiger partial charge is 0.383 e. The summed E-state index contributed by atoms with van der Waals surface area (Å²) in [5.74, 6) is 1.42. The molecule has 0 aromatic carbocycles. The van der Waals surface area contributed by atoms with Crippen molar-refractivity contribution in [3.63, 3.8) is 0 Å². The second-order valence-corrected chi connectivity index (χ2v) is 7.42. The van der Waals surface area contributed by atoms with Crippen LogP contribution in [0.2, 0.25) is 0 Å². The fourth-order valence-corrected chi connectivity index (χ4v) is 3.60. The summed E-state index contributed by atoms with van der Waals surface area (Å²) in [6.45, 7) is 2.00. The molecule has 4 heterocycles. The standard InChI is InChI=1S/C22H19N7O/c1-12-3-6-24-10-16(12)18-7-13-8-19(27-11-17(13)20(23)28-18)29-22(30)15-9-14(15)21-25-4-2-5-26-21/h2-8,10-11,14-15H,9H2,1H3,(H2,23,28)(H,27,29,30). The van der Waals surface area contributed by atoms with Gasteiger partial charge in [0.05, 0.1) is 5.69 Å². The van der Waals surface area contributed by atoms with Crippen LogP contribution in [-0.4, -0.2) is 30.8 Å². The van der Waals surface area contributed by atoms with E-state index in [1.807, 2.05) is 25.1 Å². The number of fused-ring (bicyclic) bond motifs is 1. The van der Waals surface area contributed by atoms with Crippen molar-refractivity contribution in [2.75, 3.05) is 11.1 Å². The van der Waals surface area contributed by atoms with Crippen molar-refractivity contribution >= 4 is 28.3 Å². The highest BCUT2D eigenvalue weighted by Gasteiger charge is 2.46. The number of nitrogens with two attached hydrogens (primary N) is 1. The molecular formula is C22H19N7O. The Hall–Kier alpha value is -3.94. The molecule has 1 aliphatic carbocycles. The van der Waals surface area contributed by atoms with Crippen molar-refractivity contribution in [3.8, 4) is 11.3 Å². The molecule has 4 aromatic heterocycles. The Labute approximate surface area is 172 Å². The number of rotatable bonds is 4. The van der Waals surface area contributed by atoms with E-state index in [0.717, 1.165) is 34.0 Å². The first-order valence-electron chi connectivity index (χ1n) is 9.65. The summed E-state index contributed by atoms with van der Waals surface area (Å²) in [4.78, 5) is 34.2. The van der Waals surface area contributed by atoms with Crippen molar-refractivity contribution in [3.05, 3.63) is 66.6 Å². The van der Waals surface area contributed by atoms with Crippen LogP contribution in [0, 0.1) is 12.8 Å². The average Bonchev–Trinajstić information content (AvgIpc) is 3.56. The lowest BCUT2D eigenvalue weighted by atomic mass is 10.1. The maximum absolute atomic E-state index is 12.6. The molecule has 1 fully saturated rings. The Kier molecular flexibility index (Phi) is 4.31. The first-order chi connectivity index (χ1) is 14.6. The SMILES string of the molecule is Cc1ccncc1-c1cc2cc(NC(=O)C3CC3c3ncccn3)ncc2c(N)n1. The molecule has 8 nitrogen and oxygen atoms in total. The van der Waals surface area contributed by atoms with Crippen LogP contribution >= 0.6 is 0 Å². The zero-order valence-corrected chi connectivity index (χ0v) is 16.3. The molecule has 3 N–H and O–H groups in total. The Morgan fingerprint density at radius 1 is 1.13 bits per heavy atom. The van der Waals surface area contributed by atoms with E-state index in [4.69, 9.17) is 5.73 Å². The van der Waals surface area contributed by atoms with Crippen LogP contribution in [-0.2, 0) is 4.79 Å². The molecule has 30 heavy (non-hydrogen) atoms. The number of carbonyl (C=O) groups is 1. The molecule has 8 heteroatoms. The molecule has 1 amide bonds. The number of carbonyl (C=O) groups excluding carboxylic acids is 1. The number of aryl methyl sites for hydroxylation is 1. The average molecular weight is 397 g/mol. The number of amides is 1. The van der Waals surface area contributed by atoms with Crippen molar-refractivity contribution in [2.24, 2.45) is 5.92 Å². The van der Waals surface area contributed by atoms with Crippen LogP contribution in [0.3, 0.4) is 0 Å². The summed E-state index contributed by atoms with van der Waals surface area (Å²) in [5.41, 5.74) is 8.87. The van der Waals surface area contributed by atoms with Crippen LogP contribution in [0.5, 0.6) is 0 Å². The van der Waals surface area contributed by atoms with Crippen molar-refractivity contribution < 1.29 is 4.79 Å². The maximum atomic E-state index is 12.6. The van der Waals surface area contributed by atoms with Gasteiger partial charge in [-0.05, 0) is 48.6 Å². The van der Waals surface area contributed by atoms with Crippen LogP contribution in [0.4, 0.5) is 11.6 Å². The molecule has 0 saturated heterocycles. The van der Waals surface area contributed by atoms with Gasteiger partial charge in [0.25, 0.3) is 0 Å². The summed E-state index contributed by atoms with van der Waals surface area (Å²) in [6, 6.07) is 7.45. The van der Waals surface area contributed by atoms with Gasteiger partial charge < -0.3 is 11.1 Å². The summed E-state index contributed by atoms with van der Waals surface area (Å²) in [7, 11) is 0. The highest BCUT2D eigenvalue weighted by molar-refractivity contribution is 5.98. The summed E-state index contributed by atoms with van der Waals surface area (Å²) in [6.07, 6.45) is 9.28. The van der Waals surface area contributed by atoms with Gasteiger partial charge in [0, 0.05) is 53.8 Å². The molecule has 0 aliphatic heterocycles. The van der Waals surface area contributed by atoms with Crippen LogP contribution in [0.15, 0.2) is 55.2 Å². The summed E-state index contributed by atoms with van der Waals surface area (Å²) < 4.78 is 0. The molecule has 2 atom stereocenters. The molecule has 1 saturated carbocycles. The summed E-state index contributed by atoms with van der Waals surface area (Å²) in [5, 5.41) is 4.49. The van der Waals surface area contributed by atoms with Crippen molar-refractivity contribution in [2.45, 2.75) is 19.3 Å². The molecule has 4 aromatic rings. The van der Waals surface area contributed by atoms with Crippen LogP contribution in [0.1, 0.15) is 23.7 Å². The second-order valence-electron chi connectivity index (χ2n) is 7.42. The van der Waals surface area contributed by atoms with E-state index in [1.54, 1.807) is 37.1 Å². The van der Waals surface area contributed by atoms with E-state index in [0.29, 0.717) is 17.5 Å². The van der Waals surface area contributed by atoms with E-state index < -0.39 is 0 Å². The zero-order valence-electron chi connectivity index (χ0n) is 16.3. The number of nitrogens with one attached hydrogen (secondary N) is 1. The molecule has 5 rings (SSSR count). The third-order valence-electron chi connectivity index (χ3n) is 5.36. The minimum atomic E-state index is -0.138. The van der Waals surface area contributed by atoms with E-state index in [1.165, 1.54) is 0 Å². The minimum Gasteiger partial charge on any atom is -0.383 e. The van der Waals surface area contributed by atoms with Gasteiger partial charge in [0.15, 0.2) is 0 Å². The quantitative estimate of drug-likeness (QED) is 0.543. The second kappa shape index (κ2) is 7.14. The molecule has 2 unspecified atom stereocenters. The monoisotopic (exact) mass is 397 g/mol. The normalized spacial score (nSPS) is 17.6. The lowest BCUT2D eigenvalue weighted by Gasteiger charge is -2.10. The van der Waals surface area contributed by atoms with Crippen LogP contribution in [0.25, 0.3) is 22.0 Å². The highest BCUT2D eigenvalue weighted by Crippen LogP contribution is 2.46. The molecule has 148 valence electrons. The zero-order chi connectivity index (χ0) is 20.7. The Morgan fingerprint density at radius 2 is 1.97 bits per heavy atom. The van der Waals surface area contributed by atoms with Crippen molar-refractivity contribution in [1.29, 1.82) is 0 Å². The predicted octanol–water partition coefficient (Wildman–Crippen LogP) is 3.11. The van der Waals surface area contributed by atoms with E-state index in [2.05, 4.69) is 30.2 Å². The van der Waals surface area contributed by atoms with Gasteiger partial charge >= 0.3 is 0 Å². The number of aromatic nitrogens is 5. The maximum Gasteiger partial charge on any atom is 0.229 e. The first kappa shape index (κ1) is 18.1. The number of nitrogen functional groups attached to an aromatic ring is 1. The van der Waals surface area contributed by atoms with Gasteiger partial charge in [0.1, 0.15) is 17.5 Å². The number of hydrogen-bond donors (Lipinski definition) is 2. The third kappa shape index (κ3) is 3.32. The summed E-state index contributed by atoms with van der Waals surface area (Å²) >= 11 is 0. The molecule has 0 radical (unpaired) electrons. The van der Waals surface area contributed by atoms with Crippen molar-refractivity contribution in [1.82, 2.24) is 24.9 Å². The molecule has 0 spiro atoms. The van der Waals surface area contributed by atoms with E-state index in [9.17, 15) is 4.79 Å². The lowest BCUT2D eigenvalue weighted by molar-refractivity contribution is -0.117. The fraction of sp³-hybridized carbons (Fsp3) is 0.182. The molecule has 0 bridgehead atoms. The number of pyridine rings is 3. The van der Waals surface area contributed by atoms with E-state index >= 15 is 0 Å². The number of hydrogen-bond acceptors (Lipinski definition) is 7. The Morgan fingerprint density at radius 3 is 2.77 bits per heavy atom. The minimum absolute atomic E-state index is 0.0617. The lowest BCUT2D eigenvalue weighted by Crippen LogP contribution is -2.15. The van der Waals surface area contributed by atoms with E-state index in [-0.39, 0.29) is 17.7 Å². The third-order valence-corrected chi connectivity index (χ3v) is 5.36. The Balaban J connectivity index is 1.41. The number of nitrogens with zero attached hydrogens (tertiary/aromatic N) is 5. The predicted molar refractivity (Wildman–Crippen MR) is 113 cm³/mol. The fourth-order valence-electron chi connectivity index (χ4n) is 3.60. The molecule has 1 aliphatic rings. The van der Waals surface area contributed by atoms with Gasteiger partial charge in [-0.2, -0.15) is 0 Å². The van der Waals surface area contributed by atoms with Gasteiger partial charge in [0.2, 0.25) is 5.91 Å². The van der Waals surface area contributed by atoms with Crippen LogP contribution < -0.4 is 11.1 Å². The van der Waals surface area contributed by atoms with Gasteiger partial charge in [-0.3, -0.25) is 9.78 Å². The molecular weight excluding hydrogens is 378 g/mol. The Bertz CT molecular complexity index is 1260. The smallest absolute Gasteiger partial charge is 0.229 e. The number of anilines is 2.